The minimum absolute atomic E-state index is 0.224. The molecule has 2 aromatic rings. The highest BCUT2D eigenvalue weighted by Crippen LogP contribution is 2.42. The lowest BCUT2D eigenvalue weighted by atomic mass is 9.80. The minimum Gasteiger partial charge on any atom is -0.326 e. The summed E-state index contributed by atoms with van der Waals surface area (Å²) in [6.07, 6.45) is 2.22. The average Bonchev–Trinajstić information content (AvgIpc) is 3.22. The molecule has 0 radical (unpaired) electrons. The third kappa shape index (κ3) is 3.49. The van der Waals surface area contributed by atoms with Crippen molar-refractivity contribution >= 4 is 46.5 Å². The number of benzene rings is 1. The van der Waals surface area contributed by atoms with E-state index < -0.39 is 17.5 Å². The van der Waals surface area contributed by atoms with Crippen molar-refractivity contribution in [1.29, 1.82) is 0 Å². The van der Waals surface area contributed by atoms with Crippen molar-refractivity contribution in [2.45, 2.75) is 31.7 Å². The van der Waals surface area contributed by atoms with Gasteiger partial charge in [-0.25, -0.2) is 4.79 Å². The summed E-state index contributed by atoms with van der Waals surface area (Å²) >= 11 is 1.58. The van der Waals surface area contributed by atoms with E-state index in [1.165, 1.54) is 6.92 Å². The molecule has 0 unspecified atom stereocenters. The van der Waals surface area contributed by atoms with E-state index in [9.17, 15) is 19.2 Å². The van der Waals surface area contributed by atoms with Crippen molar-refractivity contribution in [3.8, 4) is 0 Å². The van der Waals surface area contributed by atoms with Gasteiger partial charge in [-0.15, -0.1) is 11.3 Å². The van der Waals surface area contributed by atoms with Gasteiger partial charge in [0.1, 0.15) is 12.1 Å². The lowest BCUT2D eigenvalue weighted by Crippen LogP contribution is -2.46. The number of fused-ring (bicyclic) bond motifs is 2. The summed E-state index contributed by atoms with van der Waals surface area (Å²) in [6, 6.07) is 7.97. The fourth-order valence-electron chi connectivity index (χ4n) is 3.91. The van der Waals surface area contributed by atoms with Crippen molar-refractivity contribution in [2.24, 2.45) is 0 Å². The maximum Gasteiger partial charge on any atom is 0.325 e. The Balaban J connectivity index is 1.48. The summed E-state index contributed by atoms with van der Waals surface area (Å²) in [5.74, 6) is -1.10. The van der Waals surface area contributed by atoms with E-state index in [1.54, 1.807) is 35.6 Å². The highest BCUT2D eigenvalue weighted by Gasteiger charge is 2.54. The zero-order valence-electron chi connectivity index (χ0n) is 15.8. The second-order valence-electron chi connectivity index (χ2n) is 7.15. The third-order valence-electron chi connectivity index (χ3n) is 5.10. The van der Waals surface area contributed by atoms with Crippen LogP contribution < -0.4 is 16.0 Å². The Labute approximate surface area is 171 Å². The van der Waals surface area contributed by atoms with Gasteiger partial charge in [0.15, 0.2) is 0 Å². The van der Waals surface area contributed by atoms with Gasteiger partial charge in [0, 0.05) is 28.7 Å². The molecule has 2 heterocycles. The standard InChI is InChI=1S/C20H20N4O4S/c1-12(25)21-13-4-2-5-14(10-13)22-17(26)11-24-18(27)20(23-19(24)28)8-3-6-16-15(20)7-9-29-16/h2,4-5,7,9-10H,3,6,8,11H2,1H3,(H,21,25)(H,22,26)(H,23,28)/t20-/m1/s1. The van der Waals surface area contributed by atoms with Gasteiger partial charge in [-0.1, -0.05) is 6.07 Å². The molecule has 0 saturated carbocycles. The van der Waals surface area contributed by atoms with Gasteiger partial charge in [-0.3, -0.25) is 19.3 Å². The Hall–Kier alpha value is -3.20. The first kappa shape index (κ1) is 19.1. The largest absolute Gasteiger partial charge is 0.326 e. The van der Waals surface area contributed by atoms with Crippen LogP contribution in [0.25, 0.3) is 0 Å². The van der Waals surface area contributed by atoms with Crippen LogP contribution in [0.5, 0.6) is 0 Å². The van der Waals surface area contributed by atoms with Gasteiger partial charge < -0.3 is 16.0 Å². The number of hydrogen-bond acceptors (Lipinski definition) is 5. The molecule has 9 heteroatoms. The first-order chi connectivity index (χ1) is 13.9. The van der Waals surface area contributed by atoms with Crippen LogP contribution in [0.1, 0.15) is 30.2 Å². The molecule has 4 rings (SSSR count). The minimum atomic E-state index is -1.06. The molecular formula is C20H20N4O4S. The zero-order chi connectivity index (χ0) is 20.6. The number of amides is 5. The normalized spacial score (nSPS) is 20.4. The van der Waals surface area contributed by atoms with Gasteiger partial charge in [-0.2, -0.15) is 0 Å². The number of hydrogen-bond donors (Lipinski definition) is 3. The van der Waals surface area contributed by atoms with Crippen LogP contribution in [0, 0.1) is 0 Å². The summed E-state index contributed by atoms with van der Waals surface area (Å²) in [5.41, 5.74) is 0.784. The quantitative estimate of drug-likeness (QED) is 0.670. The van der Waals surface area contributed by atoms with Crippen molar-refractivity contribution in [1.82, 2.24) is 10.2 Å². The second kappa shape index (κ2) is 7.32. The SMILES string of the molecule is CC(=O)Nc1cccc(NC(=O)CN2C(=O)N[C@@]3(CCCc4sccc43)C2=O)c1. The third-order valence-corrected chi connectivity index (χ3v) is 6.09. The predicted molar refractivity (Wildman–Crippen MR) is 109 cm³/mol. The first-order valence-electron chi connectivity index (χ1n) is 9.27. The number of imide groups is 1. The van der Waals surface area contributed by atoms with E-state index in [4.69, 9.17) is 0 Å². The lowest BCUT2D eigenvalue weighted by molar-refractivity contribution is -0.134. The molecule has 0 bridgehead atoms. The summed E-state index contributed by atoms with van der Waals surface area (Å²) < 4.78 is 0. The van der Waals surface area contributed by atoms with Crippen LogP contribution in [0.15, 0.2) is 35.7 Å². The number of anilines is 2. The molecule has 1 fully saturated rings. The van der Waals surface area contributed by atoms with Gasteiger partial charge in [0.2, 0.25) is 11.8 Å². The number of nitrogens with zero attached hydrogens (tertiary/aromatic N) is 1. The Morgan fingerprint density at radius 3 is 2.72 bits per heavy atom. The van der Waals surface area contributed by atoms with E-state index in [0.29, 0.717) is 17.8 Å². The smallest absolute Gasteiger partial charge is 0.325 e. The second-order valence-corrected chi connectivity index (χ2v) is 8.15. The van der Waals surface area contributed by atoms with Crippen LogP contribution in [-0.4, -0.2) is 35.2 Å². The summed E-state index contributed by atoms with van der Waals surface area (Å²) in [4.78, 5) is 51.4. The van der Waals surface area contributed by atoms with E-state index >= 15 is 0 Å². The van der Waals surface area contributed by atoms with Crippen molar-refractivity contribution in [3.63, 3.8) is 0 Å². The molecule has 2 aliphatic rings. The van der Waals surface area contributed by atoms with Crippen molar-refractivity contribution in [3.05, 3.63) is 46.2 Å². The monoisotopic (exact) mass is 412 g/mol. The molecule has 5 amide bonds. The highest BCUT2D eigenvalue weighted by molar-refractivity contribution is 7.10. The number of urea groups is 1. The molecule has 1 atom stereocenters. The molecule has 8 nitrogen and oxygen atoms in total. The fourth-order valence-corrected chi connectivity index (χ4v) is 4.91. The maximum atomic E-state index is 13.1. The van der Waals surface area contributed by atoms with Gasteiger partial charge in [0.25, 0.3) is 5.91 Å². The van der Waals surface area contributed by atoms with Crippen molar-refractivity contribution < 1.29 is 19.2 Å². The Morgan fingerprint density at radius 2 is 1.97 bits per heavy atom. The molecule has 1 aliphatic heterocycles. The molecule has 150 valence electrons. The van der Waals surface area contributed by atoms with E-state index in [2.05, 4.69) is 16.0 Å². The average molecular weight is 412 g/mol. The Morgan fingerprint density at radius 1 is 1.21 bits per heavy atom. The number of aryl methyl sites for hydroxylation is 1. The number of nitrogens with one attached hydrogen (secondary N) is 3. The fraction of sp³-hybridized carbons (Fsp3) is 0.300. The van der Waals surface area contributed by atoms with Crippen molar-refractivity contribution in [2.75, 3.05) is 17.2 Å². The van der Waals surface area contributed by atoms with E-state index in [0.717, 1.165) is 28.2 Å². The molecule has 1 spiro atoms. The topological polar surface area (TPSA) is 108 Å². The molecule has 1 aliphatic carbocycles. The number of carbonyl (C=O) groups is 4. The highest BCUT2D eigenvalue weighted by atomic mass is 32.1. The number of carbonyl (C=O) groups excluding carboxylic acids is 4. The maximum absolute atomic E-state index is 13.1. The van der Waals surface area contributed by atoms with Gasteiger partial charge >= 0.3 is 6.03 Å². The molecule has 3 N–H and O–H groups in total. The summed E-state index contributed by atoms with van der Waals surface area (Å²) in [7, 11) is 0. The lowest BCUT2D eigenvalue weighted by Gasteiger charge is -2.31. The molecule has 1 aromatic carbocycles. The Kier molecular flexibility index (Phi) is 4.83. The van der Waals surface area contributed by atoms with Gasteiger partial charge in [0.05, 0.1) is 0 Å². The Bertz CT molecular complexity index is 1020. The van der Waals surface area contributed by atoms with E-state index in [-0.39, 0.29) is 18.4 Å². The zero-order valence-corrected chi connectivity index (χ0v) is 16.6. The van der Waals surface area contributed by atoms with Crippen LogP contribution in [0.4, 0.5) is 16.2 Å². The van der Waals surface area contributed by atoms with Crippen LogP contribution in [0.2, 0.25) is 0 Å². The number of rotatable bonds is 4. The van der Waals surface area contributed by atoms with Gasteiger partial charge in [-0.05, 0) is 48.9 Å². The van der Waals surface area contributed by atoms with E-state index in [1.807, 2.05) is 11.4 Å². The van der Waals surface area contributed by atoms with Crippen LogP contribution in [0.3, 0.4) is 0 Å². The summed E-state index contributed by atoms with van der Waals surface area (Å²) in [5, 5.41) is 10.1. The first-order valence-corrected chi connectivity index (χ1v) is 10.2. The number of thiophene rings is 1. The van der Waals surface area contributed by atoms with Crippen LogP contribution >= 0.6 is 11.3 Å². The molecular weight excluding hydrogens is 392 g/mol. The van der Waals surface area contributed by atoms with Crippen LogP contribution in [-0.2, 0) is 26.3 Å². The summed E-state index contributed by atoms with van der Waals surface area (Å²) in [6.45, 7) is 1.01. The predicted octanol–water partition coefficient (Wildman–Crippen LogP) is 2.43. The molecule has 29 heavy (non-hydrogen) atoms. The molecule has 1 saturated heterocycles. The molecule has 1 aromatic heterocycles.